The van der Waals surface area contributed by atoms with Crippen LogP contribution in [0, 0.1) is 6.92 Å². The molecule has 0 radical (unpaired) electrons. The molecule has 4 rings (SSSR count). The SMILES string of the molecule is Cc1nc(-c2ccc(C(=O)N(C3CC3)C(C)c3ccccn3)cc2)n[nH]1. The van der Waals surface area contributed by atoms with Gasteiger partial charge in [0.1, 0.15) is 5.82 Å². The molecule has 0 saturated heterocycles. The molecule has 1 aliphatic rings. The van der Waals surface area contributed by atoms with Crippen molar-refractivity contribution in [3.8, 4) is 11.4 Å². The van der Waals surface area contributed by atoms with E-state index in [-0.39, 0.29) is 11.9 Å². The third kappa shape index (κ3) is 3.22. The molecule has 1 fully saturated rings. The first-order valence-electron chi connectivity index (χ1n) is 8.86. The second kappa shape index (κ2) is 6.71. The molecule has 1 aliphatic carbocycles. The number of carbonyl (C=O) groups is 1. The number of rotatable bonds is 5. The maximum atomic E-state index is 13.2. The van der Waals surface area contributed by atoms with E-state index >= 15 is 0 Å². The molecule has 1 atom stereocenters. The molecule has 3 aromatic rings. The van der Waals surface area contributed by atoms with Crippen LogP contribution in [0.3, 0.4) is 0 Å². The standard InChI is InChI=1S/C20H21N5O/c1-13(18-5-3-4-12-21-18)25(17-10-11-17)20(26)16-8-6-15(7-9-16)19-22-14(2)23-24-19/h3-9,12-13,17H,10-11H2,1-2H3,(H,22,23,24). The molecule has 0 bridgehead atoms. The smallest absolute Gasteiger partial charge is 0.254 e. The first-order chi connectivity index (χ1) is 12.6. The lowest BCUT2D eigenvalue weighted by Gasteiger charge is -2.29. The number of nitrogens with zero attached hydrogens (tertiary/aromatic N) is 4. The van der Waals surface area contributed by atoms with E-state index in [1.807, 2.05) is 61.2 Å². The summed E-state index contributed by atoms with van der Waals surface area (Å²) in [6.07, 6.45) is 3.88. The molecule has 2 heterocycles. The highest BCUT2D eigenvalue weighted by molar-refractivity contribution is 5.95. The number of nitrogens with one attached hydrogen (secondary N) is 1. The fourth-order valence-electron chi connectivity index (χ4n) is 3.16. The molecule has 132 valence electrons. The van der Waals surface area contributed by atoms with Gasteiger partial charge in [-0.15, -0.1) is 0 Å². The predicted molar refractivity (Wildman–Crippen MR) is 98.4 cm³/mol. The number of aryl methyl sites for hydroxylation is 1. The minimum Gasteiger partial charge on any atom is -0.327 e. The van der Waals surface area contributed by atoms with Crippen LogP contribution >= 0.6 is 0 Å². The summed E-state index contributed by atoms with van der Waals surface area (Å²) in [5, 5.41) is 7.00. The molecular formula is C20H21N5O. The van der Waals surface area contributed by atoms with E-state index in [9.17, 15) is 4.79 Å². The van der Waals surface area contributed by atoms with Crippen LogP contribution in [0.5, 0.6) is 0 Å². The van der Waals surface area contributed by atoms with Crippen molar-refractivity contribution < 1.29 is 4.79 Å². The van der Waals surface area contributed by atoms with Crippen molar-refractivity contribution in [1.82, 2.24) is 25.1 Å². The van der Waals surface area contributed by atoms with Gasteiger partial charge in [0.05, 0.1) is 11.7 Å². The lowest BCUT2D eigenvalue weighted by Crippen LogP contribution is -2.35. The van der Waals surface area contributed by atoms with Gasteiger partial charge in [0.15, 0.2) is 5.82 Å². The van der Waals surface area contributed by atoms with Gasteiger partial charge < -0.3 is 4.90 Å². The monoisotopic (exact) mass is 347 g/mol. The maximum Gasteiger partial charge on any atom is 0.254 e. The summed E-state index contributed by atoms with van der Waals surface area (Å²) in [6, 6.07) is 13.6. The Kier molecular flexibility index (Phi) is 4.24. The largest absolute Gasteiger partial charge is 0.327 e. The Balaban J connectivity index is 1.58. The van der Waals surface area contributed by atoms with Crippen LogP contribution in [-0.4, -0.2) is 37.0 Å². The highest BCUT2D eigenvalue weighted by Gasteiger charge is 2.37. The van der Waals surface area contributed by atoms with Crippen LogP contribution in [0.4, 0.5) is 0 Å². The third-order valence-corrected chi connectivity index (χ3v) is 4.70. The highest BCUT2D eigenvalue weighted by atomic mass is 16.2. The Morgan fingerprint density at radius 1 is 1.19 bits per heavy atom. The average molecular weight is 347 g/mol. The van der Waals surface area contributed by atoms with E-state index in [0.29, 0.717) is 17.4 Å². The maximum absolute atomic E-state index is 13.2. The molecule has 1 saturated carbocycles. The van der Waals surface area contributed by atoms with Gasteiger partial charge in [0, 0.05) is 23.4 Å². The average Bonchev–Trinajstić information content (AvgIpc) is 3.42. The first kappa shape index (κ1) is 16.4. The molecule has 0 aliphatic heterocycles. The van der Waals surface area contributed by atoms with Crippen molar-refractivity contribution in [2.24, 2.45) is 0 Å². The normalized spacial score (nSPS) is 14.8. The van der Waals surface area contributed by atoms with Gasteiger partial charge in [0.25, 0.3) is 5.91 Å². The number of hydrogen-bond donors (Lipinski definition) is 1. The molecule has 1 unspecified atom stereocenters. The minimum absolute atomic E-state index is 0.0448. The molecule has 1 amide bonds. The van der Waals surface area contributed by atoms with Crippen molar-refractivity contribution in [1.29, 1.82) is 0 Å². The number of aromatic amines is 1. The Morgan fingerprint density at radius 3 is 2.54 bits per heavy atom. The number of carbonyl (C=O) groups excluding carboxylic acids is 1. The van der Waals surface area contributed by atoms with Crippen molar-refractivity contribution in [3.63, 3.8) is 0 Å². The Bertz CT molecular complexity index is 899. The van der Waals surface area contributed by atoms with Gasteiger partial charge in [-0.25, -0.2) is 4.98 Å². The summed E-state index contributed by atoms with van der Waals surface area (Å²) in [5.41, 5.74) is 2.48. The second-order valence-electron chi connectivity index (χ2n) is 6.70. The zero-order valence-electron chi connectivity index (χ0n) is 14.9. The summed E-state index contributed by atoms with van der Waals surface area (Å²) in [7, 11) is 0. The fraction of sp³-hybridized carbons (Fsp3) is 0.300. The van der Waals surface area contributed by atoms with Crippen LogP contribution in [0.2, 0.25) is 0 Å². The number of benzene rings is 1. The van der Waals surface area contributed by atoms with Gasteiger partial charge in [0.2, 0.25) is 0 Å². The fourth-order valence-corrected chi connectivity index (χ4v) is 3.16. The summed E-state index contributed by atoms with van der Waals surface area (Å²) >= 11 is 0. The highest BCUT2D eigenvalue weighted by Crippen LogP contribution is 2.35. The van der Waals surface area contributed by atoms with Gasteiger partial charge in [-0.2, -0.15) is 5.10 Å². The van der Waals surface area contributed by atoms with Crippen molar-refractivity contribution >= 4 is 5.91 Å². The number of aromatic nitrogens is 4. The van der Waals surface area contributed by atoms with Crippen molar-refractivity contribution in [3.05, 3.63) is 65.7 Å². The minimum atomic E-state index is -0.0495. The number of hydrogen-bond acceptors (Lipinski definition) is 4. The molecule has 6 nitrogen and oxygen atoms in total. The van der Waals surface area contributed by atoms with Gasteiger partial charge in [-0.3, -0.25) is 14.9 Å². The van der Waals surface area contributed by atoms with Crippen LogP contribution in [0.1, 0.15) is 47.7 Å². The number of H-pyrrole nitrogens is 1. The van der Waals surface area contributed by atoms with Crippen LogP contribution in [0.25, 0.3) is 11.4 Å². The Hall–Kier alpha value is -3.02. The molecule has 6 heteroatoms. The van der Waals surface area contributed by atoms with Crippen LogP contribution < -0.4 is 0 Å². The van der Waals surface area contributed by atoms with E-state index in [1.54, 1.807) is 6.20 Å². The van der Waals surface area contributed by atoms with Crippen LogP contribution in [-0.2, 0) is 0 Å². The molecule has 26 heavy (non-hydrogen) atoms. The predicted octanol–water partition coefficient (Wildman–Crippen LogP) is 3.54. The molecular weight excluding hydrogens is 326 g/mol. The van der Waals surface area contributed by atoms with E-state index in [1.165, 1.54) is 0 Å². The first-order valence-corrected chi connectivity index (χ1v) is 8.86. The van der Waals surface area contributed by atoms with Crippen LogP contribution in [0.15, 0.2) is 48.7 Å². The van der Waals surface area contributed by atoms with E-state index in [2.05, 4.69) is 20.2 Å². The topological polar surface area (TPSA) is 74.8 Å². The molecule has 0 spiro atoms. The third-order valence-electron chi connectivity index (χ3n) is 4.70. The summed E-state index contributed by atoms with van der Waals surface area (Å²) in [5.74, 6) is 1.45. The Labute approximate surface area is 152 Å². The molecule has 2 aromatic heterocycles. The number of pyridine rings is 1. The summed E-state index contributed by atoms with van der Waals surface area (Å²) in [6.45, 7) is 3.91. The van der Waals surface area contributed by atoms with E-state index < -0.39 is 0 Å². The zero-order chi connectivity index (χ0) is 18.1. The van der Waals surface area contributed by atoms with Crippen molar-refractivity contribution in [2.75, 3.05) is 0 Å². The van der Waals surface area contributed by atoms with Gasteiger partial charge in [-0.1, -0.05) is 18.2 Å². The quantitative estimate of drug-likeness (QED) is 0.766. The number of amides is 1. The van der Waals surface area contributed by atoms with Crippen molar-refractivity contribution in [2.45, 2.75) is 38.8 Å². The molecule has 1 aromatic carbocycles. The van der Waals surface area contributed by atoms with Gasteiger partial charge in [-0.05, 0) is 51.0 Å². The summed E-state index contributed by atoms with van der Waals surface area (Å²) < 4.78 is 0. The van der Waals surface area contributed by atoms with Gasteiger partial charge >= 0.3 is 0 Å². The zero-order valence-corrected chi connectivity index (χ0v) is 14.9. The van der Waals surface area contributed by atoms with E-state index in [0.717, 1.165) is 29.9 Å². The van der Waals surface area contributed by atoms with E-state index in [4.69, 9.17) is 0 Å². The second-order valence-corrected chi connectivity index (χ2v) is 6.70. The Morgan fingerprint density at radius 2 is 1.96 bits per heavy atom. The molecule has 1 N–H and O–H groups in total. The lowest BCUT2D eigenvalue weighted by atomic mass is 10.1. The lowest BCUT2D eigenvalue weighted by molar-refractivity contribution is 0.0670. The summed E-state index contributed by atoms with van der Waals surface area (Å²) in [4.78, 5) is 23.9.